The number of aromatic nitrogens is 2. The molecule has 2 aromatic heterocycles. The van der Waals surface area contributed by atoms with Gasteiger partial charge in [-0.15, -0.1) is 0 Å². The number of hydrogen-bond acceptors (Lipinski definition) is 4. The predicted octanol–water partition coefficient (Wildman–Crippen LogP) is 2.25. The molecule has 0 radical (unpaired) electrons. The first kappa shape index (κ1) is 14.1. The van der Waals surface area contributed by atoms with Crippen molar-refractivity contribution in [3.05, 3.63) is 36.3 Å². The Kier molecular flexibility index (Phi) is 4.20. The number of hydrogen-bond donors (Lipinski definition) is 0. The van der Waals surface area contributed by atoms with Gasteiger partial charge >= 0.3 is 5.97 Å². The number of carbonyl (C=O) groups is 1. The van der Waals surface area contributed by atoms with Crippen LogP contribution in [-0.4, -0.2) is 39.4 Å². The van der Waals surface area contributed by atoms with E-state index in [2.05, 4.69) is 9.88 Å². The Morgan fingerprint density at radius 1 is 1.43 bits per heavy atom. The molecule has 1 atom stereocenters. The van der Waals surface area contributed by atoms with Gasteiger partial charge in [-0.05, 0) is 38.4 Å². The van der Waals surface area contributed by atoms with Gasteiger partial charge in [-0.1, -0.05) is 12.5 Å². The molecule has 0 N–H and O–H groups in total. The lowest BCUT2D eigenvalue weighted by atomic mass is 10.0. The molecule has 0 bridgehead atoms. The average molecular weight is 287 g/mol. The largest absolute Gasteiger partial charge is 0.465 e. The molecule has 1 fully saturated rings. The number of pyridine rings is 1. The molecular weight excluding hydrogens is 266 g/mol. The zero-order valence-electron chi connectivity index (χ0n) is 12.4. The molecule has 0 aromatic carbocycles. The molecule has 0 spiro atoms. The lowest BCUT2D eigenvalue weighted by Gasteiger charge is -2.33. The highest BCUT2D eigenvalue weighted by Gasteiger charge is 2.30. The number of esters is 1. The average Bonchev–Trinajstić information content (AvgIpc) is 2.90. The second-order valence-electron chi connectivity index (χ2n) is 5.43. The molecule has 2 aromatic rings. The summed E-state index contributed by atoms with van der Waals surface area (Å²) in [6.07, 6.45) is 7.12. The van der Waals surface area contributed by atoms with Gasteiger partial charge in [0.2, 0.25) is 0 Å². The maximum atomic E-state index is 12.1. The van der Waals surface area contributed by atoms with Crippen LogP contribution < -0.4 is 0 Å². The molecular formula is C16H21N3O2. The number of fused-ring (bicyclic) bond motifs is 1. The van der Waals surface area contributed by atoms with Crippen molar-refractivity contribution >= 4 is 11.6 Å². The Morgan fingerprint density at radius 3 is 3.14 bits per heavy atom. The van der Waals surface area contributed by atoms with Gasteiger partial charge in [0, 0.05) is 18.9 Å². The van der Waals surface area contributed by atoms with Gasteiger partial charge in [0.05, 0.1) is 12.3 Å². The van der Waals surface area contributed by atoms with Gasteiger partial charge in [-0.25, -0.2) is 4.98 Å². The fourth-order valence-corrected chi connectivity index (χ4v) is 2.96. The molecule has 112 valence electrons. The number of piperidine rings is 1. The molecule has 1 unspecified atom stereocenters. The number of ether oxygens (including phenoxy) is 1. The zero-order chi connectivity index (χ0) is 14.7. The highest BCUT2D eigenvalue weighted by molar-refractivity contribution is 5.75. The summed E-state index contributed by atoms with van der Waals surface area (Å²) in [6, 6.07) is 5.83. The van der Waals surface area contributed by atoms with Gasteiger partial charge in [-0.2, -0.15) is 0 Å². The normalized spacial score (nSPS) is 19.8. The van der Waals surface area contributed by atoms with Crippen LogP contribution in [0.1, 0.15) is 31.9 Å². The summed E-state index contributed by atoms with van der Waals surface area (Å²) in [6.45, 7) is 3.92. The van der Waals surface area contributed by atoms with Crippen LogP contribution in [0.25, 0.3) is 5.65 Å². The minimum atomic E-state index is -0.122. The Labute approximate surface area is 124 Å². The highest BCUT2D eigenvalue weighted by Crippen LogP contribution is 2.20. The molecule has 3 rings (SSSR count). The smallest absolute Gasteiger partial charge is 0.323 e. The molecule has 0 saturated carbocycles. The summed E-state index contributed by atoms with van der Waals surface area (Å²) in [4.78, 5) is 18.9. The molecule has 5 heteroatoms. The van der Waals surface area contributed by atoms with Gasteiger partial charge in [0.1, 0.15) is 11.7 Å². The lowest BCUT2D eigenvalue weighted by molar-refractivity contribution is -0.151. The van der Waals surface area contributed by atoms with Gasteiger partial charge in [0.15, 0.2) is 0 Å². The van der Waals surface area contributed by atoms with Crippen LogP contribution in [0, 0.1) is 0 Å². The highest BCUT2D eigenvalue weighted by atomic mass is 16.5. The quantitative estimate of drug-likeness (QED) is 0.809. The van der Waals surface area contributed by atoms with E-state index in [1.54, 1.807) is 0 Å². The second kappa shape index (κ2) is 6.26. The van der Waals surface area contributed by atoms with E-state index in [-0.39, 0.29) is 12.0 Å². The van der Waals surface area contributed by atoms with E-state index in [0.29, 0.717) is 13.2 Å². The number of imidazole rings is 1. The van der Waals surface area contributed by atoms with Gasteiger partial charge in [0.25, 0.3) is 0 Å². The van der Waals surface area contributed by atoms with Crippen molar-refractivity contribution in [1.29, 1.82) is 0 Å². The fraction of sp³-hybridized carbons (Fsp3) is 0.500. The van der Waals surface area contributed by atoms with E-state index in [9.17, 15) is 4.79 Å². The molecule has 1 aliphatic heterocycles. The Hall–Kier alpha value is -1.88. The monoisotopic (exact) mass is 287 g/mol. The van der Waals surface area contributed by atoms with Crippen LogP contribution in [0.5, 0.6) is 0 Å². The first-order chi connectivity index (χ1) is 10.3. The summed E-state index contributed by atoms with van der Waals surface area (Å²) in [5.74, 6) is -0.0963. The summed E-state index contributed by atoms with van der Waals surface area (Å²) in [7, 11) is 0. The van der Waals surface area contributed by atoms with Crippen molar-refractivity contribution in [2.45, 2.75) is 38.8 Å². The summed E-state index contributed by atoms with van der Waals surface area (Å²) >= 11 is 0. The van der Waals surface area contributed by atoms with E-state index < -0.39 is 0 Å². The third-order valence-electron chi connectivity index (χ3n) is 3.95. The van der Waals surface area contributed by atoms with Crippen LogP contribution in [0.4, 0.5) is 0 Å². The fourth-order valence-electron chi connectivity index (χ4n) is 2.96. The number of nitrogens with zero attached hydrogens (tertiary/aromatic N) is 3. The van der Waals surface area contributed by atoms with E-state index in [1.165, 1.54) is 0 Å². The molecule has 1 aliphatic rings. The maximum Gasteiger partial charge on any atom is 0.323 e. The van der Waals surface area contributed by atoms with Crippen LogP contribution >= 0.6 is 0 Å². The summed E-state index contributed by atoms with van der Waals surface area (Å²) in [5, 5.41) is 0. The predicted molar refractivity (Wildman–Crippen MR) is 79.9 cm³/mol. The van der Waals surface area contributed by atoms with E-state index in [1.807, 2.05) is 41.9 Å². The number of carbonyl (C=O) groups excluding carboxylic acids is 1. The van der Waals surface area contributed by atoms with Gasteiger partial charge in [-0.3, -0.25) is 9.69 Å². The van der Waals surface area contributed by atoms with Crippen molar-refractivity contribution in [3.8, 4) is 0 Å². The Bertz CT molecular complexity index is 590. The van der Waals surface area contributed by atoms with Crippen molar-refractivity contribution in [1.82, 2.24) is 14.3 Å². The van der Waals surface area contributed by atoms with Crippen LogP contribution in [0.3, 0.4) is 0 Å². The third-order valence-corrected chi connectivity index (χ3v) is 3.95. The SMILES string of the molecule is CCOC(=O)C1CCCCN1Cc1cn2ccccc2n1. The van der Waals surface area contributed by atoms with Crippen LogP contribution in [0.2, 0.25) is 0 Å². The van der Waals surface area contributed by atoms with Crippen LogP contribution in [-0.2, 0) is 16.1 Å². The summed E-state index contributed by atoms with van der Waals surface area (Å²) < 4.78 is 7.21. The van der Waals surface area contributed by atoms with Crippen molar-refractivity contribution in [2.75, 3.05) is 13.2 Å². The first-order valence-electron chi connectivity index (χ1n) is 7.61. The molecule has 1 saturated heterocycles. The maximum absolute atomic E-state index is 12.1. The topological polar surface area (TPSA) is 46.8 Å². The van der Waals surface area contributed by atoms with Crippen molar-refractivity contribution in [2.24, 2.45) is 0 Å². The van der Waals surface area contributed by atoms with E-state index in [0.717, 1.165) is 37.1 Å². The zero-order valence-corrected chi connectivity index (χ0v) is 12.4. The number of likely N-dealkylation sites (tertiary alicyclic amines) is 1. The molecule has 3 heterocycles. The molecule has 0 amide bonds. The van der Waals surface area contributed by atoms with E-state index in [4.69, 9.17) is 4.74 Å². The van der Waals surface area contributed by atoms with E-state index >= 15 is 0 Å². The van der Waals surface area contributed by atoms with Crippen molar-refractivity contribution in [3.63, 3.8) is 0 Å². The van der Waals surface area contributed by atoms with Crippen molar-refractivity contribution < 1.29 is 9.53 Å². The van der Waals surface area contributed by atoms with Crippen LogP contribution in [0.15, 0.2) is 30.6 Å². The first-order valence-corrected chi connectivity index (χ1v) is 7.61. The lowest BCUT2D eigenvalue weighted by Crippen LogP contribution is -2.45. The Morgan fingerprint density at radius 2 is 2.33 bits per heavy atom. The third kappa shape index (κ3) is 3.08. The molecule has 5 nitrogen and oxygen atoms in total. The van der Waals surface area contributed by atoms with Gasteiger partial charge < -0.3 is 9.14 Å². The second-order valence-corrected chi connectivity index (χ2v) is 5.43. The Balaban J connectivity index is 1.75. The minimum Gasteiger partial charge on any atom is -0.465 e. The molecule has 0 aliphatic carbocycles. The standard InChI is InChI=1S/C16H21N3O2/c1-2-21-16(20)14-7-3-5-9-18(14)11-13-12-19-10-6-4-8-15(19)17-13/h4,6,8,10,12,14H,2-3,5,7,9,11H2,1H3. The molecule has 21 heavy (non-hydrogen) atoms. The summed E-state index contributed by atoms with van der Waals surface area (Å²) in [5.41, 5.74) is 1.94. The minimum absolute atomic E-state index is 0.0963. The number of rotatable bonds is 4.